The molecule has 6 heteroatoms. The highest BCUT2D eigenvalue weighted by Crippen LogP contribution is 2.37. The summed E-state index contributed by atoms with van der Waals surface area (Å²) in [6, 6.07) is 0. The lowest BCUT2D eigenvalue weighted by molar-refractivity contribution is 0.657. The molecule has 2 aliphatic rings. The van der Waals surface area contributed by atoms with Crippen molar-refractivity contribution in [2.75, 3.05) is 18.0 Å². The van der Waals surface area contributed by atoms with Crippen LogP contribution in [0.5, 0.6) is 0 Å². The highest BCUT2D eigenvalue weighted by molar-refractivity contribution is 6.30. The fourth-order valence-corrected chi connectivity index (χ4v) is 2.89. The van der Waals surface area contributed by atoms with Crippen molar-refractivity contribution >= 4 is 23.2 Å². The lowest BCUT2D eigenvalue weighted by Gasteiger charge is -2.26. The van der Waals surface area contributed by atoms with Gasteiger partial charge in [0.15, 0.2) is 0 Å². The summed E-state index contributed by atoms with van der Waals surface area (Å²) in [5.41, 5.74) is 1.01. The SMILES string of the molecule is Cc1c(Cl)nc2ncnn2c1N(CC1CC1)CC1CC1. The van der Waals surface area contributed by atoms with Crippen molar-refractivity contribution in [2.45, 2.75) is 32.6 Å². The van der Waals surface area contributed by atoms with Gasteiger partial charge in [-0.05, 0) is 44.4 Å². The zero-order valence-electron chi connectivity index (χ0n) is 11.6. The molecule has 0 N–H and O–H groups in total. The van der Waals surface area contributed by atoms with Crippen LogP contribution in [0.25, 0.3) is 5.78 Å². The Morgan fingerprint density at radius 1 is 1.25 bits per heavy atom. The van der Waals surface area contributed by atoms with Gasteiger partial charge >= 0.3 is 0 Å². The van der Waals surface area contributed by atoms with E-state index in [0.29, 0.717) is 10.9 Å². The molecule has 2 aromatic heterocycles. The van der Waals surface area contributed by atoms with Crippen LogP contribution in [0.1, 0.15) is 31.2 Å². The molecular formula is C14H18ClN5. The minimum Gasteiger partial charge on any atom is -0.356 e. The lowest BCUT2D eigenvalue weighted by Crippen LogP contribution is -2.31. The summed E-state index contributed by atoms with van der Waals surface area (Å²) in [4.78, 5) is 10.9. The smallest absolute Gasteiger partial charge is 0.255 e. The molecule has 0 bridgehead atoms. The summed E-state index contributed by atoms with van der Waals surface area (Å²) in [6.45, 7) is 4.23. The number of rotatable bonds is 5. The van der Waals surface area contributed by atoms with E-state index < -0.39 is 0 Å². The summed E-state index contributed by atoms with van der Waals surface area (Å²) >= 11 is 6.28. The molecule has 0 aromatic carbocycles. The Kier molecular flexibility index (Phi) is 2.84. The first-order chi connectivity index (χ1) is 9.72. The van der Waals surface area contributed by atoms with Crippen LogP contribution in [-0.2, 0) is 0 Å². The number of fused-ring (bicyclic) bond motifs is 1. The predicted molar refractivity (Wildman–Crippen MR) is 78.2 cm³/mol. The van der Waals surface area contributed by atoms with Crippen LogP contribution in [-0.4, -0.2) is 32.7 Å². The summed E-state index contributed by atoms with van der Waals surface area (Å²) in [6.07, 6.45) is 6.94. The number of hydrogen-bond donors (Lipinski definition) is 0. The van der Waals surface area contributed by atoms with Gasteiger partial charge in [0.2, 0.25) is 0 Å². The minimum absolute atomic E-state index is 0.539. The summed E-state index contributed by atoms with van der Waals surface area (Å²) in [7, 11) is 0. The molecule has 0 unspecified atom stereocenters. The molecule has 2 aromatic rings. The van der Waals surface area contributed by atoms with E-state index in [1.165, 1.54) is 25.7 Å². The number of halogens is 1. The zero-order chi connectivity index (χ0) is 13.7. The molecule has 0 atom stereocenters. The monoisotopic (exact) mass is 291 g/mol. The second-order valence-electron chi connectivity index (χ2n) is 6.11. The maximum Gasteiger partial charge on any atom is 0.255 e. The fraction of sp³-hybridized carbons (Fsp3) is 0.643. The van der Waals surface area contributed by atoms with Crippen LogP contribution >= 0.6 is 11.6 Å². The highest BCUT2D eigenvalue weighted by Gasteiger charge is 2.31. The normalized spacial score (nSPS) is 18.7. The molecule has 106 valence electrons. The van der Waals surface area contributed by atoms with Gasteiger partial charge < -0.3 is 4.90 Å². The van der Waals surface area contributed by atoms with Crippen molar-refractivity contribution in [1.29, 1.82) is 0 Å². The molecule has 2 saturated carbocycles. The Hall–Kier alpha value is -1.36. The van der Waals surface area contributed by atoms with Crippen LogP contribution in [0.2, 0.25) is 5.15 Å². The first kappa shape index (κ1) is 12.4. The highest BCUT2D eigenvalue weighted by atomic mass is 35.5. The number of aromatic nitrogens is 4. The molecule has 20 heavy (non-hydrogen) atoms. The third kappa shape index (κ3) is 2.24. The van der Waals surface area contributed by atoms with E-state index in [4.69, 9.17) is 11.6 Å². The average molecular weight is 292 g/mol. The number of anilines is 1. The Labute approximate surface area is 123 Å². The second kappa shape index (κ2) is 4.58. The Morgan fingerprint density at radius 3 is 2.50 bits per heavy atom. The van der Waals surface area contributed by atoms with E-state index >= 15 is 0 Å². The molecule has 0 spiro atoms. The van der Waals surface area contributed by atoms with E-state index in [-0.39, 0.29) is 0 Å². The van der Waals surface area contributed by atoms with Gasteiger partial charge in [0.25, 0.3) is 5.78 Å². The average Bonchev–Trinajstić information content (AvgIpc) is 3.33. The quantitative estimate of drug-likeness (QED) is 0.795. The van der Waals surface area contributed by atoms with Crippen LogP contribution < -0.4 is 4.90 Å². The van der Waals surface area contributed by atoms with Crippen molar-refractivity contribution in [1.82, 2.24) is 19.6 Å². The molecule has 0 amide bonds. The van der Waals surface area contributed by atoms with E-state index in [0.717, 1.165) is 36.3 Å². The van der Waals surface area contributed by atoms with Gasteiger partial charge in [-0.25, -0.2) is 0 Å². The van der Waals surface area contributed by atoms with Crippen LogP contribution in [0.4, 0.5) is 5.82 Å². The van der Waals surface area contributed by atoms with Gasteiger partial charge in [0.1, 0.15) is 17.3 Å². The lowest BCUT2D eigenvalue weighted by atomic mass is 10.2. The molecule has 0 aliphatic heterocycles. The summed E-state index contributed by atoms with van der Waals surface area (Å²) < 4.78 is 1.84. The van der Waals surface area contributed by atoms with Gasteiger partial charge in [-0.1, -0.05) is 11.6 Å². The van der Waals surface area contributed by atoms with Gasteiger partial charge in [-0.15, -0.1) is 0 Å². The van der Waals surface area contributed by atoms with E-state index in [1.807, 2.05) is 11.4 Å². The maximum absolute atomic E-state index is 6.28. The molecule has 2 heterocycles. The van der Waals surface area contributed by atoms with Crippen molar-refractivity contribution in [2.24, 2.45) is 11.8 Å². The molecule has 2 fully saturated rings. The summed E-state index contributed by atoms with van der Waals surface area (Å²) in [5.74, 6) is 3.33. The molecule has 2 aliphatic carbocycles. The van der Waals surface area contributed by atoms with Crippen LogP contribution in [0.15, 0.2) is 6.33 Å². The number of hydrogen-bond acceptors (Lipinski definition) is 4. The second-order valence-corrected chi connectivity index (χ2v) is 6.47. The van der Waals surface area contributed by atoms with E-state index in [9.17, 15) is 0 Å². The standard InChI is InChI=1S/C14H18ClN5/c1-9-12(15)18-14-16-8-17-20(14)13(9)19(6-10-2-3-10)7-11-4-5-11/h8,10-11H,2-7H2,1H3. The predicted octanol–water partition coefficient (Wildman–Crippen LogP) is 2.71. The van der Waals surface area contributed by atoms with Gasteiger partial charge in [0.05, 0.1) is 0 Å². The largest absolute Gasteiger partial charge is 0.356 e. The molecule has 0 radical (unpaired) electrons. The third-order valence-electron chi connectivity index (χ3n) is 4.22. The van der Waals surface area contributed by atoms with Crippen molar-refractivity contribution in [3.8, 4) is 0 Å². The first-order valence-corrected chi connectivity index (χ1v) is 7.71. The molecule has 4 rings (SSSR count). The Morgan fingerprint density at radius 2 is 1.90 bits per heavy atom. The Balaban J connectivity index is 1.79. The van der Waals surface area contributed by atoms with Gasteiger partial charge in [0, 0.05) is 18.7 Å². The third-order valence-corrected chi connectivity index (χ3v) is 4.59. The van der Waals surface area contributed by atoms with E-state index in [2.05, 4.69) is 20.0 Å². The summed E-state index contributed by atoms with van der Waals surface area (Å²) in [5, 5.41) is 4.88. The van der Waals surface area contributed by atoms with Gasteiger partial charge in [-0.3, -0.25) is 0 Å². The molecular weight excluding hydrogens is 274 g/mol. The molecule has 5 nitrogen and oxygen atoms in total. The number of nitrogens with zero attached hydrogens (tertiary/aromatic N) is 5. The first-order valence-electron chi connectivity index (χ1n) is 7.33. The molecule has 0 saturated heterocycles. The zero-order valence-corrected chi connectivity index (χ0v) is 12.3. The van der Waals surface area contributed by atoms with Crippen LogP contribution in [0.3, 0.4) is 0 Å². The Bertz CT molecular complexity index is 630. The van der Waals surface area contributed by atoms with Gasteiger partial charge in [-0.2, -0.15) is 19.6 Å². The van der Waals surface area contributed by atoms with Crippen molar-refractivity contribution < 1.29 is 0 Å². The fourth-order valence-electron chi connectivity index (χ4n) is 2.73. The van der Waals surface area contributed by atoms with Crippen LogP contribution in [0, 0.1) is 18.8 Å². The van der Waals surface area contributed by atoms with Crippen molar-refractivity contribution in [3.63, 3.8) is 0 Å². The maximum atomic E-state index is 6.28. The van der Waals surface area contributed by atoms with Crippen molar-refractivity contribution in [3.05, 3.63) is 17.0 Å². The van der Waals surface area contributed by atoms with E-state index in [1.54, 1.807) is 6.33 Å². The topological polar surface area (TPSA) is 46.3 Å². The minimum atomic E-state index is 0.539.